The Kier molecular flexibility index (Phi) is 4.93. The van der Waals surface area contributed by atoms with Crippen molar-refractivity contribution in [1.82, 2.24) is 4.90 Å². The van der Waals surface area contributed by atoms with Crippen molar-refractivity contribution in [3.05, 3.63) is 35.9 Å². The maximum absolute atomic E-state index is 12.3. The zero-order chi connectivity index (χ0) is 13.7. The first-order valence-electron chi connectivity index (χ1n) is 6.86. The number of hydrogen-bond acceptors (Lipinski definition) is 3. The molecule has 1 heterocycles. The zero-order valence-electron chi connectivity index (χ0n) is 11.4. The van der Waals surface area contributed by atoms with Gasteiger partial charge in [-0.3, -0.25) is 4.79 Å². The lowest BCUT2D eigenvalue weighted by Crippen LogP contribution is -2.37. The molecule has 19 heavy (non-hydrogen) atoms. The number of amides is 1. The molecule has 1 amide bonds. The Labute approximate surface area is 114 Å². The second-order valence-corrected chi connectivity index (χ2v) is 5.10. The number of rotatable bonds is 3. The third-order valence-electron chi connectivity index (χ3n) is 3.43. The van der Waals surface area contributed by atoms with Crippen LogP contribution in [-0.4, -0.2) is 36.6 Å². The van der Waals surface area contributed by atoms with Gasteiger partial charge < -0.3 is 15.4 Å². The summed E-state index contributed by atoms with van der Waals surface area (Å²) in [4.78, 5) is 14.1. The van der Waals surface area contributed by atoms with E-state index in [4.69, 9.17) is 10.5 Å². The van der Waals surface area contributed by atoms with Crippen LogP contribution in [0.1, 0.15) is 31.4 Å². The van der Waals surface area contributed by atoms with E-state index in [1.807, 2.05) is 42.2 Å². The molecule has 0 radical (unpaired) electrons. The van der Waals surface area contributed by atoms with E-state index in [2.05, 4.69) is 0 Å². The standard InChI is InChI=1S/C15H22N2O2/c1-12-11-17(8-5-9-19-12)15(18)10-14(16)13-6-3-2-4-7-13/h2-4,6-7,12,14H,5,8-11,16H2,1H3. The van der Waals surface area contributed by atoms with Crippen LogP contribution in [0.25, 0.3) is 0 Å². The number of ether oxygens (including phenoxy) is 1. The molecule has 0 bridgehead atoms. The zero-order valence-corrected chi connectivity index (χ0v) is 11.4. The molecule has 1 aliphatic rings. The smallest absolute Gasteiger partial charge is 0.224 e. The van der Waals surface area contributed by atoms with E-state index in [1.54, 1.807) is 0 Å². The Bertz CT molecular complexity index is 408. The summed E-state index contributed by atoms with van der Waals surface area (Å²) >= 11 is 0. The summed E-state index contributed by atoms with van der Waals surface area (Å²) < 4.78 is 5.55. The van der Waals surface area contributed by atoms with Crippen molar-refractivity contribution in [3.8, 4) is 0 Å². The van der Waals surface area contributed by atoms with Crippen molar-refractivity contribution in [2.24, 2.45) is 5.73 Å². The van der Waals surface area contributed by atoms with Gasteiger partial charge in [0.1, 0.15) is 0 Å². The average Bonchev–Trinajstić information content (AvgIpc) is 2.64. The van der Waals surface area contributed by atoms with Gasteiger partial charge in [0.2, 0.25) is 5.91 Å². The lowest BCUT2D eigenvalue weighted by atomic mass is 10.0. The van der Waals surface area contributed by atoms with Gasteiger partial charge in [0.05, 0.1) is 6.10 Å². The van der Waals surface area contributed by atoms with Gasteiger partial charge in [0, 0.05) is 32.2 Å². The van der Waals surface area contributed by atoms with Crippen molar-refractivity contribution in [2.75, 3.05) is 19.7 Å². The van der Waals surface area contributed by atoms with Crippen molar-refractivity contribution >= 4 is 5.91 Å². The molecule has 1 aromatic carbocycles. The van der Waals surface area contributed by atoms with Crippen LogP contribution < -0.4 is 5.73 Å². The predicted molar refractivity (Wildman–Crippen MR) is 74.6 cm³/mol. The average molecular weight is 262 g/mol. The fourth-order valence-corrected chi connectivity index (χ4v) is 2.36. The number of benzene rings is 1. The van der Waals surface area contributed by atoms with Crippen LogP contribution in [0.4, 0.5) is 0 Å². The molecule has 0 aromatic heterocycles. The first-order chi connectivity index (χ1) is 9.16. The molecule has 0 spiro atoms. The van der Waals surface area contributed by atoms with Gasteiger partial charge in [0.15, 0.2) is 0 Å². The lowest BCUT2D eigenvalue weighted by Gasteiger charge is -2.23. The van der Waals surface area contributed by atoms with E-state index in [0.717, 1.165) is 25.1 Å². The fraction of sp³-hybridized carbons (Fsp3) is 0.533. The molecule has 4 heteroatoms. The molecule has 4 nitrogen and oxygen atoms in total. The summed E-state index contributed by atoms with van der Waals surface area (Å²) in [6.45, 7) is 4.17. The summed E-state index contributed by atoms with van der Waals surface area (Å²) in [6.07, 6.45) is 1.37. The lowest BCUT2D eigenvalue weighted by molar-refractivity contribution is -0.132. The van der Waals surface area contributed by atoms with E-state index in [1.165, 1.54) is 0 Å². The van der Waals surface area contributed by atoms with Crippen LogP contribution in [0.5, 0.6) is 0 Å². The fourth-order valence-electron chi connectivity index (χ4n) is 2.36. The molecule has 2 N–H and O–H groups in total. The molecule has 2 atom stereocenters. The summed E-state index contributed by atoms with van der Waals surface area (Å²) in [7, 11) is 0. The van der Waals surface area contributed by atoms with Gasteiger partial charge in [-0.2, -0.15) is 0 Å². The van der Waals surface area contributed by atoms with Gasteiger partial charge in [0.25, 0.3) is 0 Å². The molecule has 2 unspecified atom stereocenters. The Hall–Kier alpha value is -1.39. The highest BCUT2D eigenvalue weighted by Crippen LogP contribution is 2.16. The summed E-state index contributed by atoms with van der Waals surface area (Å²) in [5, 5.41) is 0. The van der Waals surface area contributed by atoms with E-state index in [0.29, 0.717) is 13.0 Å². The molecule has 1 aromatic rings. The molecule has 0 saturated carbocycles. The number of carbonyl (C=O) groups excluding carboxylic acids is 1. The highest BCUT2D eigenvalue weighted by Gasteiger charge is 2.21. The third kappa shape index (κ3) is 4.04. The van der Waals surface area contributed by atoms with E-state index >= 15 is 0 Å². The van der Waals surface area contributed by atoms with Gasteiger partial charge in [-0.25, -0.2) is 0 Å². The van der Waals surface area contributed by atoms with E-state index < -0.39 is 0 Å². The minimum absolute atomic E-state index is 0.111. The highest BCUT2D eigenvalue weighted by atomic mass is 16.5. The van der Waals surface area contributed by atoms with Gasteiger partial charge in [-0.1, -0.05) is 30.3 Å². The Morgan fingerprint density at radius 1 is 1.47 bits per heavy atom. The normalized spacial score (nSPS) is 21.8. The molecule has 1 fully saturated rings. The first-order valence-corrected chi connectivity index (χ1v) is 6.86. The second kappa shape index (κ2) is 6.68. The van der Waals surface area contributed by atoms with Gasteiger partial charge >= 0.3 is 0 Å². The van der Waals surface area contributed by atoms with Crippen LogP contribution in [-0.2, 0) is 9.53 Å². The maximum Gasteiger partial charge on any atom is 0.224 e. The van der Waals surface area contributed by atoms with Crippen molar-refractivity contribution in [2.45, 2.75) is 31.9 Å². The second-order valence-electron chi connectivity index (χ2n) is 5.10. The van der Waals surface area contributed by atoms with E-state index in [9.17, 15) is 4.79 Å². The SMILES string of the molecule is CC1CN(C(=O)CC(N)c2ccccc2)CCCO1. The summed E-state index contributed by atoms with van der Waals surface area (Å²) in [6, 6.07) is 9.54. The number of carbonyl (C=O) groups is 1. The molecule has 104 valence electrons. The minimum Gasteiger partial charge on any atom is -0.377 e. The van der Waals surface area contributed by atoms with Crippen molar-refractivity contribution in [1.29, 1.82) is 0 Å². The van der Waals surface area contributed by atoms with Crippen LogP contribution in [0, 0.1) is 0 Å². The Morgan fingerprint density at radius 3 is 2.95 bits per heavy atom. The molecular formula is C15H22N2O2. The highest BCUT2D eigenvalue weighted by molar-refractivity contribution is 5.77. The monoisotopic (exact) mass is 262 g/mol. The molecule has 1 aliphatic heterocycles. The number of nitrogens with two attached hydrogens (primary N) is 1. The molecular weight excluding hydrogens is 240 g/mol. The van der Waals surface area contributed by atoms with Crippen LogP contribution in [0.2, 0.25) is 0 Å². The molecule has 1 saturated heterocycles. The van der Waals surface area contributed by atoms with Crippen LogP contribution in [0.3, 0.4) is 0 Å². The first kappa shape index (κ1) is 14.0. The Balaban J connectivity index is 1.93. The van der Waals surface area contributed by atoms with Crippen molar-refractivity contribution in [3.63, 3.8) is 0 Å². The Morgan fingerprint density at radius 2 is 2.21 bits per heavy atom. The van der Waals surface area contributed by atoms with Gasteiger partial charge in [-0.05, 0) is 18.9 Å². The number of hydrogen-bond donors (Lipinski definition) is 1. The largest absolute Gasteiger partial charge is 0.377 e. The number of nitrogens with zero attached hydrogens (tertiary/aromatic N) is 1. The van der Waals surface area contributed by atoms with Crippen LogP contribution in [0.15, 0.2) is 30.3 Å². The topological polar surface area (TPSA) is 55.6 Å². The molecule has 0 aliphatic carbocycles. The quantitative estimate of drug-likeness (QED) is 0.902. The maximum atomic E-state index is 12.3. The van der Waals surface area contributed by atoms with Gasteiger partial charge in [-0.15, -0.1) is 0 Å². The predicted octanol–water partition coefficient (Wildman–Crippen LogP) is 1.71. The van der Waals surface area contributed by atoms with Crippen molar-refractivity contribution < 1.29 is 9.53 Å². The third-order valence-corrected chi connectivity index (χ3v) is 3.43. The summed E-state index contributed by atoms with van der Waals surface area (Å²) in [5.74, 6) is 0.119. The van der Waals surface area contributed by atoms with Crippen LogP contribution >= 0.6 is 0 Å². The minimum atomic E-state index is -0.229. The van der Waals surface area contributed by atoms with E-state index in [-0.39, 0.29) is 18.1 Å². The summed E-state index contributed by atoms with van der Waals surface area (Å²) in [5.41, 5.74) is 7.11. The molecule has 2 rings (SSSR count).